The number of hydrogen-bond acceptors (Lipinski definition) is 3. The van der Waals surface area contributed by atoms with Gasteiger partial charge in [-0.25, -0.2) is 8.42 Å². The maximum absolute atomic E-state index is 12.8. The highest BCUT2D eigenvalue weighted by Crippen LogP contribution is 2.27. The van der Waals surface area contributed by atoms with Gasteiger partial charge in [-0.05, 0) is 49.8 Å². The molecule has 1 aromatic carbocycles. The van der Waals surface area contributed by atoms with Crippen molar-refractivity contribution in [1.82, 2.24) is 9.62 Å². The molecule has 7 heteroatoms. The van der Waals surface area contributed by atoms with Crippen molar-refractivity contribution >= 4 is 27.5 Å². The Kier molecular flexibility index (Phi) is 11.4. The molecular weight excluding hydrogens is 420 g/mol. The van der Waals surface area contributed by atoms with Gasteiger partial charge >= 0.3 is 0 Å². The van der Waals surface area contributed by atoms with Gasteiger partial charge < -0.3 is 5.32 Å². The molecule has 0 aromatic heterocycles. The Labute approximate surface area is 188 Å². The van der Waals surface area contributed by atoms with Crippen LogP contribution in [0.2, 0.25) is 5.02 Å². The molecule has 2 aliphatic rings. The van der Waals surface area contributed by atoms with Crippen molar-refractivity contribution in [2.75, 3.05) is 19.6 Å². The van der Waals surface area contributed by atoms with Gasteiger partial charge in [0, 0.05) is 24.7 Å². The van der Waals surface area contributed by atoms with Gasteiger partial charge in [-0.15, -0.1) is 0 Å². The van der Waals surface area contributed by atoms with Crippen LogP contribution in [-0.4, -0.2) is 38.3 Å². The summed E-state index contributed by atoms with van der Waals surface area (Å²) in [4.78, 5) is 12.7. The van der Waals surface area contributed by atoms with E-state index < -0.39 is 10.0 Å². The molecule has 1 amide bonds. The quantitative estimate of drug-likeness (QED) is 0.670. The Morgan fingerprint density at radius 3 is 2.43 bits per heavy atom. The lowest BCUT2D eigenvalue weighted by Gasteiger charge is -2.19. The molecular formula is C23H34ClN2O3S. The van der Waals surface area contributed by atoms with E-state index in [0.717, 1.165) is 44.4 Å². The van der Waals surface area contributed by atoms with E-state index in [-0.39, 0.29) is 31.6 Å². The van der Waals surface area contributed by atoms with Crippen LogP contribution in [0, 0.1) is 26.7 Å². The molecule has 1 aliphatic heterocycles. The van der Waals surface area contributed by atoms with Crippen molar-refractivity contribution in [2.45, 2.75) is 62.7 Å². The summed E-state index contributed by atoms with van der Waals surface area (Å²) in [7, 11) is -3.50. The maximum atomic E-state index is 12.8. The van der Waals surface area contributed by atoms with E-state index in [2.05, 4.69) is 5.32 Å². The fourth-order valence-corrected chi connectivity index (χ4v) is 5.93. The number of benzene rings is 1. The number of nitrogens with one attached hydrogen (secondary N) is 1. The van der Waals surface area contributed by atoms with E-state index in [1.54, 1.807) is 18.2 Å². The largest absolute Gasteiger partial charge is 0.356 e. The van der Waals surface area contributed by atoms with Crippen LogP contribution >= 0.6 is 11.6 Å². The highest BCUT2D eigenvalue weighted by molar-refractivity contribution is 7.89. The van der Waals surface area contributed by atoms with Crippen LogP contribution in [0.4, 0.5) is 0 Å². The molecule has 30 heavy (non-hydrogen) atoms. The van der Waals surface area contributed by atoms with E-state index in [1.807, 2.05) is 0 Å². The van der Waals surface area contributed by atoms with E-state index >= 15 is 0 Å². The van der Waals surface area contributed by atoms with E-state index in [9.17, 15) is 13.2 Å². The van der Waals surface area contributed by atoms with Crippen LogP contribution in [0.5, 0.6) is 0 Å². The lowest BCUT2D eigenvalue weighted by molar-refractivity contribution is -0.119. The fourth-order valence-electron chi connectivity index (χ4n) is 4.10. The number of halogens is 1. The highest BCUT2D eigenvalue weighted by Gasteiger charge is 2.32. The molecule has 5 nitrogen and oxygen atoms in total. The highest BCUT2D eigenvalue weighted by atomic mass is 35.5. The first-order valence-corrected chi connectivity index (χ1v) is 12.2. The molecule has 1 aliphatic carbocycles. The minimum atomic E-state index is -3.50. The second-order valence-corrected chi connectivity index (χ2v) is 10.3. The van der Waals surface area contributed by atoms with Gasteiger partial charge in [0.2, 0.25) is 15.9 Å². The van der Waals surface area contributed by atoms with Crippen molar-refractivity contribution in [2.24, 2.45) is 5.92 Å². The summed E-state index contributed by atoms with van der Waals surface area (Å²) in [6.07, 6.45) is 9.41. The van der Waals surface area contributed by atoms with Crippen LogP contribution in [0.3, 0.4) is 0 Å². The third-order valence-corrected chi connectivity index (χ3v) is 7.90. The van der Waals surface area contributed by atoms with Crippen molar-refractivity contribution in [1.29, 1.82) is 0 Å². The summed E-state index contributed by atoms with van der Waals surface area (Å²) in [5.74, 6) is 1.41. The summed E-state index contributed by atoms with van der Waals surface area (Å²) >= 11 is 5.94. The zero-order chi connectivity index (χ0) is 20.0. The number of rotatable bonds is 6. The summed E-state index contributed by atoms with van der Waals surface area (Å²) in [5.41, 5.74) is 0. The minimum absolute atomic E-state index is 0. The predicted octanol–water partition coefficient (Wildman–Crippen LogP) is 4.83. The Hall–Kier alpha value is -1.11. The standard InChI is InChI=1S/C21H30ClN2O3S.2CH2/c22-19-9-6-10-20(15-19)28(26,27)24-14-12-17(16-24)11-13-23-21(25)18-7-4-2-1-3-5-8-18;;/h6,9-10,15,17H,1-5,7-8,11-14,16H2,(H,23,25);2*1H2. The molecule has 167 valence electrons. The summed E-state index contributed by atoms with van der Waals surface area (Å²) < 4.78 is 27.1. The zero-order valence-electron chi connectivity index (χ0n) is 17.7. The van der Waals surface area contributed by atoms with Crippen molar-refractivity contribution in [3.8, 4) is 0 Å². The van der Waals surface area contributed by atoms with Crippen molar-refractivity contribution < 1.29 is 13.2 Å². The normalized spacial score (nSPS) is 21.0. The van der Waals surface area contributed by atoms with Crippen molar-refractivity contribution in [3.05, 3.63) is 50.1 Å². The number of nitrogens with zero attached hydrogens (tertiary/aromatic N) is 1. The zero-order valence-corrected chi connectivity index (χ0v) is 19.3. The van der Waals surface area contributed by atoms with Crippen LogP contribution in [0.15, 0.2) is 29.2 Å². The first-order valence-electron chi connectivity index (χ1n) is 10.4. The van der Waals surface area contributed by atoms with Crippen LogP contribution in [0.25, 0.3) is 0 Å². The average Bonchev–Trinajstić information content (AvgIpc) is 3.11. The van der Waals surface area contributed by atoms with E-state index in [4.69, 9.17) is 11.6 Å². The molecule has 2 fully saturated rings. The second-order valence-electron chi connectivity index (χ2n) is 7.89. The number of carbonyl (C=O) groups excluding carboxylic acids is 1. The number of hydrogen-bond donors (Lipinski definition) is 1. The Morgan fingerprint density at radius 1 is 1.10 bits per heavy atom. The fraction of sp³-hybridized carbons (Fsp3) is 0.565. The van der Waals surface area contributed by atoms with Gasteiger partial charge in [-0.1, -0.05) is 64.6 Å². The van der Waals surface area contributed by atoms with Crippen molar-refractivity contribution in [3.63, 3.8) is 0 Å². The second kappa shape index (κ2) is 12.7. The SMILES string of the molecule is O=C(NCCC1CCN(S(=O)(=O)c2cccc(Cl)c2)C1)[C]1CCCCCCC1.[CH2].[CH2]. The Balaban J connectivity index is 0.00000225. The number of amides is 1. The molecule has 5 radical (unpaired) electrons. The van der Waals surface area contributed by atoms with Crippen LogP contribution in [0.1, 0.15) is 57.8 Å². The molecule has 1 heterocycles. The molecule has 0 spiro atoms. The molecule has 3 rings (SSSR count). The number of sulfonamides is 1. The van der Waals surface area contributed by atoms with E-state index in [1.165, 1.54) is 29.6 Å². The third-order valence-electron chi connectivity index (χ3n) is 5.80. The van der Waals surface area contributed by atoms with Gasteiger partial charge in [0.15, 0.2) is 0 Å². The van der Waals surface area contributed by atoms with Gasteiger partial charge in [0.05, 0.1) is 10.8 Å². The lowest BCUT2D eigenvalue weighted by Crippen LogP contribution is -2.32. The number of carbonyl (C=O) groups is 1. The molecule has 1 saturated carbocycles. The van der Waals surface area contributed by atoms with Gasteiger partial charge in [-0.2, -0.15) is 4.31 Å². The Bertz CT molecular complexity index is 761. The Morgan fingerprint density at radius 2 is 1.77 bits per heavy atom. The van der Waals surface area contributed by atoms with E-state index in [0.29, 0.717) is 24.7 Å². The van der Waals surface area contributed by atoms with Gasteiger partial charge in [0.25, 0.3) is 0 Å². The first kappa shape index (κ1) is 26.9. The summed E-state index contributed by atoms with van der Waals surface area (Å²) in [6.45, 7) is 1.63. The predicted molar refractivity (Wildman–Crippen MR) is 122 cm³/mol. The van der Waals surface area contributed by atoms with Gasteiger partial charge in [-0.3, -0.25) is 4.79 Å². The summed E-state index contributed by atoms with van der Waals surface area (Å²) in [5, 5.41) is 3.48. The third kappa shape index (κ3) is 7.24. The molecule has 0 bridgehead atoms. The van der Waals surface area contributed by atoms with Crippen LogP contribution in [-0.2, 0) is 14.8 Å². The monoisotopic (exact) mass is 453 g/mol. The minimum Gasteiger partial charge on any atom is -0.356 e. The maximum Gasteiger partial charge on any atom is 0.243 e. The smallest absolute Gasteiger partial charge is 0.243 e. The van der Waals surface area contributed by atoms with Gasteiger partial charge in [0.1, 0.15) is 0 Å². The average molecular weight is 454 g/mol. The molecule has 1 unspecified atom stereocenters. The molecule has 1 N–H and O–H groups in total. The molecule has 1 aromatic rings. The van der Waals surface area contributed by atoms with Crippen LogP contribution < -0.4 is 5.32 Å². The molecule has 1 saturated heterocycles. The summed E-state index contributed by atoms with van der Waals surface area (Å²) in [6, 6.07) is 6.41. The molecule has 1 atom stereocenters. The first-order chi connectivity index (χ1) is 13.5. The topological polar surface area (TPSA) is 66.5 Å². The lowest BCUT2D eigenvalue weighted by atomic mass is 9.90.